The first kappa shape index (κ1) is 13.7. The summed E-state index contributed by atoms with van der Waals surface area (Å²) in [5.41, 5.74) is 0. The molecule has 0 bridgehead atoms. The molecule has 0 radical (unpaired) electrons. The van der Waals surface area contributed by atoms with E-state index < -0.39 is 11.8 Å². The summed E-state index contributed by atoms with van der Waals surface area (Å²) in [6.07, 6.45) is 1.97. The molecule has 0 aromatic rings. The molecule has 0 aromatic heterocycles. The van der Waals surface area contributed by atoms with E-state index in [-0.39, 0.29) is 5.78 Å². The molecule has 0 N–H and O–H groups in total. The number of amides is 2. The van der Waals surface area contributed by atoms with Gasteiger partial charge in [0.15, 0.2) is 0 Å². The first-order valence-corrected chi connectivity index (χ1v) is 6.14. The Morgan fingerprint density at radius 1 is 1.12 bits per heavy atom. The summed E-state index contributed by atoms with van der Waals surface area (Å²) >= 11 is 0. The van der Waals surface area contributed by atoms with E-state index in [0.29, 0.717) is 39.0 Å². The monoisotopic (exact) mass is 240 g/mol. The molecule has 0 unspecified atom stereocenters. The molecule has 0 saturated carbocycles. The average molecular weight is 240 g/mol. The fourth-order valence-corrected chi connectivity index (χ4v) is 1.93. The summed E-state index contributed by atoms with van der Waals surface area (Å²) in [6.45, 7) is 5.86. The molecule has 1 aliphatic rings. The smallest absolute Gasteiger partial charge is 0.312 e. The second-order valence-corrected chi connectivity index (χ2v) is 4.39. The highest BCUT2D eigenvalue weighted by atomic mass is 16.2. The number of hydrogen-bond donors (Lipinski definition) is 0. The molecule has 1 heterocycles. The van der Waals surface area contributed by atoms with E-state index >= 15 is 0 Å². The molecule has 5 heteroatoms. The fourth-order valence-electron chi connectivity index (χ4n) is 1.93. The van der Waals surface area contributed by atoms with Gasteiger partial charge in [-0.15, -0.1) is 0 Å². The van der Waals surface area contributed by atoms with Gasteiger partial charge in [0.1, 0.15) is 5.78 Å². The predicted octanol–water partition coefficient (Wildman–Crippen LogP) is 0.436. The quantitative estimate of drug-likeness (QED) is 0.633. The third-order valence-electron chi connectivity index (χ3n) is 2.85. The van der Waals surface area contributed by atoms with Crippen molar-refractivity contribution in [3.8, 4) is 0 Å². The van der Waals surface area contributed by atoms with Crippen LogP contribution in [0.3, 0.4) is 0 Å². The highest BCUT2D eigenvalue weighted by molar-refractivity contribution is 6.35. The predicted molar refractivity (Wildman–Crippen MR) is 63.4 cm³/mol. The molecule has 0 aromatic carbocycles. The number of nitrogens with zero attached hydrogens (tertiary/aromatic N) is 2. The molecule has 1 aliphatic heterocycles. The molecule has 1 saturated heterocycles. The Labute approximate surface area is 102 Å². The van der Waals surface area contributed by atoms with E-state index in [0.717, 1.165) is 6.42 Å². The van der Waals surface area contributed by atoms with Crippen molar-refractivity contribution in [2.75, 3.05) is 26.2 Å². The number of Topliss-reactive ketones (excluding diaryl/α,β-unsaturated/α-hetero) is 1. The van der Waals surface area contributed by atoms with Gasteiger partial charge in [0.05, 0.1) is 0 Å². The molecular formula is C12H20N2O3. The van der Waals surface area contributed by atoms with Gasteiger partial charge < -0.3 is 14.6 Å². The van der Waals surface area contributed by atoms with Gasteiger partial charge in [-0.3, -0.25) is 9.59 Å². The minimum atomic E-state index is -0.423. The Morgan fingerprint density at radius 3 is 2.12 bits per heavy atom. The zero-order chi connectivity index (χ0) is 12.8. The summed E-state index contributed by atoms with van der Waals surface area (Å²) < 4.78 is 0. The second-order valence-electron chi connectivity index (χ2n) is 4.39. The van der Waals surface area contributed by atoms with Gasteiger partial charge in [-0.2, -0.15) is 0 Å². The first-order chi connectivity index (χ1) is 8.06. The van der Waals surface area contributed by atoms with Crippen LogP contribution in [0.5, 0.6) is 0 Å². The Hall–Kier alpha value is -1.39. The molecule has 2 amide bonds. The lowest BCUT2D eigenvalue weighted by atomic mass is 10.2. The van der Waals surface area contributed by atoms with Crippen LogP contribution in [0, 0.1) is 0 Å². The largest absolute Gasteiger partial charge is 0.333 e. The van der Waals surface area contributed by atoms with E-state index in [1.165, 1.54) is 6.92 Å². The Balaban J connectivity index is 2.42. The fraction of sp³-hybridized carbons (Fsp3) is 0.750. The van der Waals surface area contributed by atoms with Gasteiger partial charge in [0.2, 0.25) is 0 Å². The zero-order valence-electron chi connectivity index (χ0n) is 10.6. The lowest BCUT2D eigenvalue weighted by Gasteiger charge is -2.33. The van der Waals surface area contributed by atoms with Crippen molar-refractivity contribution in [1.29, 1.82) is 0 Å². The van der Waals surface area contributed by atoms with Crippen LogP contribution in [0.25, 0.3) is 0 Å². The Morgan fingerprint density at radius 2 is 1.65 bits per heavy atom. The van der Waals surface area contributed by atoms with Crippen LogP contribution < -0.4 is 0 Å². The number of hydrogen-bond acceptors (Lipinski definition) is 3. The number of ketones is 1. The van der Waals surface area contributed by atoms with E-state index in [1.807, 2.05) is 6.92 Å². The maximum Gasteiger partial charge on any atom is 0.312 e. The molecule has 0 spiro atoms. The standard InChI is InChI=1S/C12H20N2O3/c1-3-6-13-8-9-14(12(17)11(13)16)7-4-5-10(2)15/h3-9H2,1-2H3. The number of carbonyl (C=O) groups excluding carboxylic acids is 3. The van der Waals surface area contributed by atoms with Crippen LogP contribution in [-0.2, 0) is 14.4 Å². The molecule has 1 rings (SSSR count). The Bertz CT molecular complexity index is 315. The van der Waals surface area contributed by atoms with Crippen LogP contribution in [0.15, 0.2) is 0 Å². The van der Waals surface area contributed by atoms with Crippen molar-refractivity contribution in [1.82, 2.24) is 9.80 Å². The number of carbonyl (C=O) groups is 3. The summed E-state index contributed by atoms with van der Waals surface area (Å²) in [7, 11) is 0. The molecule has 5 nitrogen and oxygen atoms in total. The molecule has 17 heavy (non-hydrogen) atoms. The highest BCUT2D eigenvalue weighted by Gasteiger charge is 2.31. The summed E-state index contributed by atoms with van der Waals surface area (Å²) in [5.74, 6) is -0.706. The van der Waals surface area contributed by atoms with Crippen LogP contribution in [0.2, 0.25) is 0 Å². The summed E-state index contributed by atoms with van der Waals surface area (Å²) in [5, 5.41) is 0. The minimum absolute atomic E-state index is 0.119. The lowest BCUT2D eigenvalue weighted by Crippen LogP contribution is -2.54. The molecule has 96 valence electrons. The maximum atomic E-state index is 11.7. The first-order valence-electron chi connectivity index (χ1n) is 6.14. The van der Waals surface area contributed by atoms with Gasteiger partial charge in [0.25, 0.3) is 0 Å². The van der Waals surface area contributed by atoms with Crippen LogP contribution in [0.4, 0.5) is 0 Å². The van der Waals surface area contributed by atoms with E-state index in [1.54, 1.807) is 9.80 Å². The van der Waals surface area contributed by atoms with Gasteiger partial charge in [0, 0.05) is 32.6 Å². The van der Waals surface area contributed by atoms with E-state index in [2.05, 4.69) is 0 Å². The van der Waals surface area contributed by atoms with Crippen molar-refractivity contribution >= 4 is 17.6 Å². The van der Waals surface area contributed by atoms with Crippen molar-refractivity contribution in [2.45, 2.75) is 33.1 Å². The van der Waals surface area contributed by atoms with E-state index in [4.69, 9.17) is 0 Å². The molecule has 1 fully saturated rings. The Kier molecular flexibility index (Phi) is 5.12. The molecular weight excluding hydrogens is 220 g/mol. The van der Waals surface area contributed by atoms with Crippen LogP contribution in [0.1, 0.15) is 33.1 Å². The third-order valence-corrected chi connectivity index (χ3v) is 2.85. The average Bonchev–Trinajstić information content (AvgIpc) is 2.28. The minimum Gasteiger partial charge on any atom is -0.333 e. The number of piperazine rings is 1. The summed E-state index contributed by atoms with van der Waals surface area (Å²) in [4.78, 5) is 37.4. The highest BCUT2D eigenvalue weighted by Crippen LogP contribution is 2.07. The van der Waals surface area contributed by atoms with Crippen LogP contribution in [-0.4, -0.2) is 53.6 Å². The van der Waals surface area contributed by atoms with Crippen molar-refractivity contribution in [3.05, 3.63) is 0 Å². The summed E-state index contributed by atoms with van der Waals surface area (Å²) in [6, 6.07) is 0. The topological polar surface area (TPSA) is 57.7 Å². The van der Waals surface area contributed by atoms with Gasteiger partial charge in [-0.25, -0.2) is 0 Å². The van der Waals surface area contributed by atoms with Crippen LogP contribution >= 0.6 is 0 Å². The SMILES string of the molecule is CCCN1CCN(CCCC(C)=O)C(=O)C1=O. The van der Waals surface area contributed by atoms with Gasteiger partial charge in [-0.1, -0.05) is 6.92 Å². The maximum absolute atomic E-state index is 11.7. The van der Waals surface area contributed by atoms with E-state index in [9.17, 15) is 14.4 Å². The second kappa shape index (κ2) is 6.37. The van der Waals surface area contributed by atoms with Crippen molar-refractivity contribution in [2.24, 2.45) is 0 Å². The zero-order valence-corrected chi connectivity index (χ0v) is 10.6. The lowest BCUT2D eigenvalue weighted by molar-refractivity contribution is -0.156. The molecule has 0 aliphatic carbocycles. The van der Waals surface area contributed by atoms with Gasteiger partial charge >= 0.3 is 11.8 Å². The normalized spacial score (nSPS) is 16.6. The van der Waals surface area contributed by atoms with Gasteiger partial charge in [-0.05, 0) is 19.8 Å². The van der Waals surface area contributed by atoms with Crippen molar-refractivity contribution in [3.63, 3.8) is 0 Å². The molecule has 0 atom stereocenters. The third kappa shape index (κ3) is 3.84. The number of rotatable bonds is 6. The van der Waals surface area contributed by atoms with Crippen molar-refractivity contribution < 1.29 is 14.4 Å².